The van der Waals surface area contributed by atoms with E-state index in [-0.39, 0.29) is 11.3 Å². The molecule has 8 nitrogen and oxygen atoms in total. The van der Waals surface area contributed by atoms with E-state index in [0.29, 0.717) is 46.7 Å². The molecule has 0 fully saturated rings. The molecule has 2 aromatic heterocycles. The van der Waals surface area contributed by atoms with Gasteiger partial charge >= 0.3 is 0 Å². The number of hydrogen-bond donors (Lipinski definition) is 1. The second kappa shape index (κ2) is 10.7. The van der Waals surface area contributed by atoms with Crippen LogP contribution in [-0.4, -0.2) is 35.0 Å². The molecule has 1 unspecified atom stereocenters. The molecule has 1 N–H and O–H groups in total. The third-order valence-corrected chi connectivity index (χ3v) is 7.26. The van der Waals surface area contributed by atoms with Crippen LogP contribution in [0.4, 0.5) is 5.13 Å². The van der Waals surface area contributed by atoms with Crippen LogP contribution < -0.4 is 14.4 Å². The number of anilines is 1. The average Bonchev–Trinajstić information content (AvgIpc) is 3.60. The van der Waals surface area contributed by atoms with E-state index < -0.39 is 23.5 Å². The number of Topliss-reactive ketones (excluding diaryl/α,β-unsaturated/α-hetero) is 1. The molecule has 0 aliphatic carbocycles. The first kappa shape index (κ1) is 25.5. The molecule has 0 radical (unpaired) electrons. The lowest BCUT2D eigenvalue weighted by atomic mass is 9.95. The molecule has 5 rings (SSSR count). The molecule has 38 heavy (non-hydrogen) atoms. The lowest BCUT2D eigenvalue weighted by Gasteiger charge is -2.24. The molecule has 0 saturated carbocycles. The van der Waals surface area contributed by atoms with Crippen LogP contribution in [0.25, 0.3) is 10.2 Å². The highest BCUT2D eigenvalue weighted by Gasteiger charge is 2.46. The van der Waals surface area contributed by atoms with Gasteiger partial charge in [0.25, 0.3) is 5.91 Å². The van der Waals surface area contributed by atoms with Crippen molar-refractivity contribution in [3.05, 3.63) is 83.0 Å². The zero-order valence-electron chi connectivity index (χ0n) is 21.4. The van der Waals surface area contributed by atoms with Crippen molar-refractivity contribution in [2.45, 2.75) is 39.7 Å². The quantitative estimate of drug-likeness (QED) is 0.182. The maximum atomic E-state index is 13.6. The largest absolute Gasteiger partial charge is 0.503 e. The first-order valence-electron chi connectivity index (χ1n) is 12.5. The molecule has 196 valence electrons. The van der Waals surface area contributed by atoms with Crippen molar-refractivity contribution in [1.29, 1.82) is 0 Å². The standard InChI is InChI=1S/C29H28N2O6S/c1-4-6-15-36-19-10-8-18(9-11-19)25-24(26(32)22-14-7-17(3)37-22)27(33)28(34)31(25)29-30-21-13-12-20(35-5-2)16-23(21)38-29/h7-14,16,25,33H,4-6,15H2,1-3H3. The molecule has 0 saturated heterocycles. The smallest absolute Gasteiger partial charge is 0.296 e. The van der Waals surface area contributed by atoms with E-state index in [9.17, 15) is 14.7 Å². The van der Waals surface area contributed by atoms with Crippen LogP contribution in [0.1, 0.15) is 54.6 Å². The Morgan fingerprint density at radius 3 is 2.53 bits per heavy atom. The summed E-state index contributed by atoms with van der Waals surface area (Å²) in [4.78, 5) is 33.1. The Balaban J connectivity index is 1.58. The lowest BCUT2D eigenvalue weighted by Crippen LogP contribution is -2.30. The summed E-state index contributed by atoms with van der Waals surface area (Å²) in [5.74, 6) is 0.109. The number of benzene rings is 2. The van der Waals surface area contributed by atoms with Crippen LogP contribution in [0.15, 0.2) is 70.3 Å². The predicted octanol–water partition coefficient (Wildman–Crippen LogP) is 6.56. The van der Waals surface area contributed by atoms with E-state index >= 15 is 0 Å². The normalized spacial score (nSPS) is 15.5. The van der Waals surface area contributed by atoms with E-state index in [0.717, 1.165) is 17.5 Å². The molecule has 4 aromatic rings. The SMILES string of the molecule is CCCCOc1ccc(C2C(C(=O)c3ccc(C)o3)=C(O)C(=O)N2c2nc3ccc(OCC)cc3s2)cc1. The zero-order valence-corrected chi connectivity index (χ0v) is 22.2. The van der Waals surface area contributed by atoms with Crippen LogP contribution in [0.5, 0.6) is 11.5 Å². The van der Waals surface area contributed by atoms with Crippen LogP contribution >= 0.6 is 11.3 Å². The van der Waals surface area contributed by atoms with Crippen LogP contribution in [0.3, 0.4) is 0 Å². The molecule has 1 atom stereocenters. The molecule has 0 bridgehead atoms. The van der Waals surface area contributed by atoms with Crippen LogP contribution in [0, 0.1) is 6.92 Å². The molecule has 3 heterocycles. The fourth-order valence-corrected chi connectivity index (χ4v) is 5.39. The number of aliphatic hydroxyl groups is 1. The molecular formula is C29H28N2O6S. The van der Waals surface area contributed by atoms with E-state index in [2.05, 4.69) is 11.9 Å². The van der Waals surface area contributed by atoms with Crippen molar-refractivity contribution < 1.29 is 28.6 Å². The highest BCUT2D eigenvalue weighted by Crippen LogP contribution is 2.44. The zero-order chi connectivity index (χ0) is 26.8. The van der Waals surface area contributed by atoms with E-state index in [1.54, 1.807) is 43.3 Å². The maximum absolute atomic E-state index is 13.6. The lowest BCUT2D eigenvalue weighted by molar-refractivity contribution is -0.117. The van der Waals surface area contributed by atoms with E-state index in [1.807, 2.05) is 25.1 Å². The van der Waals surface area contributed by atoms with Gasteiger partial charge in [-0.25, -0.2) is 4.98 Å². The Labute approximate surface area is 224 Å². The minimum Gasteiger partial charge on any atom is -0.503 e. The van der Waals surface area contributed by atoms with Crippen molar-refractivity contribution >= 4 is 38.4 Å². The molecule has 9 heteroatoms. The summed E-state index contributed by atoms with van der Waals surface area (Å²) in [6.07, 6.45) is 1.96. The number of aliphatic hydroxyl groups excluding tert-OH is 1. The van der Waals surface area contributed by atoms with Gasteiger partial charge in [-0.1, -0.05) is 36.8 Å². The number of rotatable bonds is 10. The van der Waals surface area contributed by atoms with Gasteiger partial charge in [0.1, 0.15) is 17.3 Å². The second-order valence-corrected chi connectivity index (χ2v) is 9.92. The summed E-state index contributed by atoms with van der Waals surface area (Å²) in [5.41, 5.74) is 1.25. The van der Waals surface area contributed by atoms with Gasteiger partial charge in [-0.05, 0) is 68.3 Å². The first-order chi connectivity index (χ1) is 18.4. The van der Waals surface area contributed by atoms with Gasteiger partial charge in [0, 0.05) is 0 Å². The van der Waals surface area contributed by atoms with Gasteiger partial charge in [0.15, 0.2) is 16.7 Å². The van der Waals surface area contributed by atoms with Gasteiger partial charge in [-0.3, -0.25) is 14.5 Å². The third-order valence-electron chi connectivity index (χ3n) is 6.25. The van der Waals surface area contributed by atoms with E-state index in [4.69, 9.17) is 13.9 Å². The number of carbonyl (C=O) groups excluding carboxylic acids is 2. The number of aryl methyl sites for hydroxylation is 1. The number of amides is 1. The monoisotopic (exact) mass is 532 g/mol. The Kier molecular flexibility index (Phi) is 7.20. The molecule has 1 aliphatic heterocycles. The van der Waals surface area contributed by atoms with Gasteiger partial charge in [0.05, 0.1) is 35.0 Å². The van der Waals surface area contributed by atoms with Crippen molar-refractivity contribution in [2.24, 2.45) is 0 Å². The fraction of sp³-hybridized carbons (Fsp3) is 0.276. The topological polar surface area (TPSA) is 102 Å². The first-order valence-corrected chi connectivity index (χ1v) is 13.4. The highest BCUT2D eigenvalue weighted by atomic mass is 32.1. The molecule has 0 spiro atoms. The number of carbonyl (C=O) groups is 2. The summed E-state index contributed by atoms with van der Waals surface area (Å²) in [5, 5.41) is 11.4. The summed E-state index contributed by atoms with van der Waals surface area (Å²) >= 11 is 1.29. The number of ketones is 1. The van der Waals surface area contributed by atoms with Gasteiger partial charge < -0.3 is 19.0 Å². The number of fused-ring (bicyclic) bond motifs is 1. The summed E-state index contributed by atoms with van der Waals surface area (Å²) in [6, 6.07) is 15.0. The maximum Gasteiger partial charge on any atom is 0.296 e. The van der Waals surface area contributed by atoms with Crippen molar-refractivity contribution in [1.82, 2.24) is 4.98 Å². The number of furan rings is 1. The minimum atomic E-state index is -0.906. The number of ether oxygens (including phenoxy) is 2. The summed E-state index contributed by atoms with van der Waals surface area (Å²) < 4.78 is 17.8. The number of thiazole rings is 1. The number of nitrogens with zero attached hydrogens (tertiary/aromatic N) is 2. The number of unbranched alkanes of at least 4 members (excludes halogenated alkanes) is 1. The van der Waals surface area contributed by atoms with Gasteiger partial charge in [0.2, 0.25) is 5.78 Å². The molecule has 1 amide bonds. The average molecular weight is 533 g/mol. The Morgan fingerprint density at radius 2 is 1.84 bits per heavy atom. The predicted molar refractivity (Wildman–Crippen MR) is 145 cm³/mol. The summed E-state index contributed by atoms with van der Waals surface area (Å²) in [7, 11) is 0. The second-order valence-electron chi connectivity index (χ2n) is 8.91. The summed E-state index contributed by atoms with van der Waals surface area (Å²) in [6.45, 7) is 6.85. The Bertz CT molecular complexity index is 1520. The van der Waals surface area contributed by atoms with Gasteiger partial charge in [-0.2, -0.15) is 0 Å². The number of aromatic nitrogens is 1. The van der Waals surface area contributed by atoms with Crippen molar-refractivity contribution in [3.63, 3.8) is 0 Å². The third kappa shape index (κ3) is 4.77. The van der Waals surface area contributed by atoms with Crippen LogP contribution in [-0.2, 0) is 4.79 Å². The van der Waals surface area contributed by atoms with Crippen LogP contribution in [0.2, 0.25) is 0 Å². The van der Waals surface area contributed by atoms with Gasteiger partial charge in [-0.15, -0.1) is 0 Å². The minimum absolute atomic E-state index is 0.0499. The molecular weight excluding hydrogens is 504 g/mol. The number of hydrogen-bond acceptors (Lipinski definition) is 8. The molecule has 2 aromatic carbocycles. The van der Waals surface area contributed by atoms with Crippen molar-refractivity contribution in [3.8, 4) is 11.5 Å². The highest BCUT2D eigenvalue weighted by molar-refractivity contribution is 7.22. The Hall–Kier alpha value is -4.11. The Morgan fingerprint density at radius 1 is 1.08 bits per heavy atom. The van der Waals surface area contributed by atoms with Crippen molar-refractivity contribution in [2.75, 3.05) is 18.1 Å². The van der Waals surface area contributed by atoms with E-state index in [1.165, 1.54) is 16.2 Å². The fourth-order valence-electron chi connectivity index (χ4n) is 4.37. The molecule has 1 aliphatic rings.